The van der Waals surface area contributed by atoms with E-state index in [2.05, 4.69) is 18.7 Å². The van der Waals surface area contributed by atoms with Crippen molar-refractivity contribution in [1.29, 1.82) is 0 Å². The zero-order valence-electron chi connectivity index (χ0n) is 17.3. The number of anilines is 1. The molecule has 1 heterocycles. The highest BCUT2D eigenvalue weighted by Gasteiger charge is 2.35. The molecule has 0 N–H and O–H groups in total. The van der Waals surface area contributed by atoms with Gasteiger partial charge in [-0.2, -0.15) is 0 Å². The SMILES string of the molecule is CCN(CC)c1ccc(/C=C2\SC(=O)N(Cc3cccc(C)c3)C2=O)c(OC)c1. The summed E-state index contributed by atoms with van der Waals surface area (Å²) in [5.41, 5.74) is 3.89. The molecule has 0 aromatic heterocycles. The molecule has 0 atom stereocenters. The van der Waals surface area contributed by atoms with Gasteiger partial charge in [0, 0.05) is 30.4 Å². The van der Waals surface area contributed by atoms with Gasteiger partial charge in [-0.05, 0) is 56.3 Å². The third kappa shape index (κ3) is 4.65. The Morgan fingerprint density at radius 1 is 1.10 bits per heavy atom. The number of thioether (sulfide) groups is 1. The zero-order chi connectivity index (χ0) is 21.0. The first-order valence-electron chi connectivity index (χ1n) is 9.70. The van der Waals surface area contributed by atoms with E-state index in [-0.39, 0.29) is 17.7 Å². The summed E-state index contributed by atoms with van der Waals surface area (Å²) >= 11 is 0.971. The lowest BCUT2D eigenvalue weighted by Crippen LogP contribution is -2.27. The molecule has 1 aliphatic heterocycles. The smallest absolute Gasteiger partial charge is 0.293 e. The first-order chi connectivity index (χ1) is 14.0. The Balaban J connectivity index is 1.85. The highest BCUT2D eigenvalue weighted by Crippen LogP contribution is 2.36. The van der Waals surface area contributed by atoms with Gasteiger partial charge in [-0.1, -0.05) is 29.8 Å². The molecule has 0 radical (unpaired) electrons. The van der Waals surface area contributed by atoms with Crippen molar-refractivity contribution in [1.82, 2.24) is 4.90 Å². The molecule has 152 valence electrons. The number of benzene rings is 2. The lowest BCUT2D eigenvalue weighted by atomic mass is 10.1. The number of hydrogen-bond acceptors (Lipinski definition) is 5. The van der Waals surface area contributed by atoms with Crippen molar-refractivity contribution >= 4 is 34.7 Å². The van der Waals surface area contributed by atoms with E-state index in [1.54, 1.807) is 13.2 Å². The number of imide groups is 1. The number of amides is 2. The summed E-state index contributed by atoms with van der Waals surface area (Å²) in [4.78, 5) is 29.2. The Kier molecular flexibility index (Phi) is 6.64. The Labute approximate surface area is 176 Å². The Morgan fingerprint density at radius 3 is 2.52 bits per heavy atom. The number of methoxy groups -OCH3 is 1. The van der Waals surface area contributed by atoms with E-state index in [0.717, 1.165) is 47.2 Å². The van der Waals surface area contributed by atoms with Crippen LogP contribution in [0.15, 0.2) is 47.4 Å². The zero-order valence-corrected chi connectivity index (χ0v) is 18.1. The van der Waals surface area contributed by atoms with Crippen LogP contribution in [0.5, 0.6) is 5.75 Å². The molecule has 2 amide bonds. The average Bonchev–Trinajstić information content (AvgIpc) is 2.97. The van der Waals surface area contributed by atoms with E-state index in [1.165, 1.54) is 4.90 Å². The largest absolute Gasteiger partial charge is 0.496 e. The highest BCUT2D eigenvalue weighted by atomic mass is 32.2. The van der Waals surface area contributed by atoms with Crippen molar-refractivity contribution in [2.24, 2.45) is 0 Å². The molecule has 2 aromatic rings. The van der Waals surface area contributed by atoms with Crippen molar-refractivity contribution in [3.63, 3.8) is 0 Å². The molecular weight excluding hydrogens is 384 g/mol. The van der Waals surface area contributed by atoms with Gasteiger partial charge >= 0.3 is 0 Å². The molecule has 0 unspecified atom stereocenters. The third-order valence-electron chi connectivity index (χ3n) is 4.93. The molecule has 29 heavy (non-hydrogen) atoms. The van der Waals surface area contributed by atoms with Gasteiger partial charge in [-0.25, -0.2) is 0 Å². The lowest BCUT2D eigenvalue weighted by molar-refractivity contribution is -0.123. The minimum absolute atomic E-state index is 0.249. The van der Waals surface area contributed by atoms with Crippen LogP contribution in [0.4, 0.5) is 10.5 Å². The average molecular weight is 411 g/mol. The van der Waals surface area contributed by atoms with Crippen molar-refractivity contribution in [3.05, 3.63) is 64.1 Å². The molecule has 0 bridgehead atoms. The van der Waals surface area contributed by atoms with Crippen molar-refractivity contribution in [3.8, 4) is 5.75 Å². The van der Waals surface area contributed by atoms with E-state index in [1.807, 2.05) is 49.4 Å². The molecule has 2 aromatic carbocycles. The number of carbonyl (C=O) groups excluding carboxylic acids is 2. The van der Waals surface area contributed by atoms with Gasteiger partial charge in [0.05, 0.1) is 18.6 Å². The Bertz CT molecular complexity index is 951. The monoisotopic (exact) mass is 410 g/mol. The molecule has 3 rings (SSSR count). The number of carbonyl (C=O) groups is 2. The van der Waals surface area contributed by atoms with E-state index in [0.29, 0.717) is 10.7 Å². The predicted octanol–water partition coefficient (Wildman–Crippen LogP) is 5.09. The highest BCUT2D eigenvalue weighted by molar-refractivity contribution is 8.18. The van der Waals surface area contributed by atoms with E-state index in [9.17, 15) is 9.59 Å². The second-order valence-electron chi connectivity index (χ2n) is 6.86. The van der Waals surface area contributed by atoms with E-state index in [4.69, 9.17) is 4.74 Å². The maximum atomic E-state index is 12.8. The van der Waals surface area contributed by atoms with Crippen LogP contribution in [0.3, 0.4) is 0 Å². The summed E-state index contributed by atoms with van der Waals surface area (Å²) in [6.07, 6.45) is 1.74. The van der Waals surface area contributed by atoms with Gasteiger partial charge in [-0.3, -0.25) is 14.5 Å². The minimum Gasteiger partial charge on any atom is -0.496 e. The molecule has 0 saturated carbocycles. The molecule has 0 aliphatic carbocycles. The van der Waals surface area contributed by atoms with Gasteiger partial charge in [-0.15, -0.1) is 0 Å². The predicted molar refractivity (Wildman–Crippen MR) is 119 cm³/mol. The summed E-state index contributed by atoms with van der Waals surface area (Å²) in [6, 6.07) is 13.7. The van der Waals surface area contributed by atoms with Crippen LogP contribution < -0.4 is 9.64 Å². The summed E-state index contributed by atoms with van der Waals surface area (Å²) in [7, 11) is 1.61. The molecular formula is C23H26N2O3S. The number of hydrogen-bond donors (Lipinski definition) is 0. The first-order valence-corrected chi connectivity index (χ1v) is 10.5. The second kappa shape index (κ2) is 9.18. The molecule has 0 spiro atoms. The quantitative estimate of drug-likeness (QED) is 0.595. The van der Waals surface area contributed by atoms with Crippen LogP contribution in [0, 0.1) is 6.92 Å². The normalized spacial score (nSPS) is 15.3. The standard InChI is InChI=1S/C23H26N2O3S/c1-5-24(6-2)19-11-10-18(20(14-19)28-4)13-21-22(26)25(23(27)29-21)15-17-9-7-8-16(3)12-17/h7-14H,5-6,15H2,1-4H3/b21-13-. The molecule has 1 saturated heterocycles. The number of ether oxygens (including phenoxy) is 1. The van der Waals surface area contributed by atoms with Gasteiger partial charge in [0.15, 0.2) is 0 Å². The van der Waals surface area contributed by atoms with Crippen LogP contribution in [0.25, 0.3) is 6.08 Å². The lowest BCUT2D eigenvalue weighted by Gasteiger charge is -2.22. The van der Waals surface area contributed by atoms with Crippen molar-refractivity contribution < 1.29 is 14.3 Å². The fraction of sp³-hybridized carbons (Fsp3) is 0.304. The third-order valence-corrected chi connectivity index (χ3v) is 5.84. The maximum absolute atomic E-state index is 12.8. The Morgan fingerprint density at radius 2 is 1.86 bits per heavy atom. The van der Waals surface area contributed by atoms with Gasteiger partial charge in [0.25, 0.3) is 11.1 Å². The van der Waals surface area contributed by atoms with Gasteiger partial charge < -0.3 is 9.64 Å². The van der Waals surface area contributed by atoms with Crippen molar-refractivity contribution in [2.75, 3.05) is 25.1 Å². The maximum Gasteiger partial charge on any atom is 0.293 e. The summed E-state index contributed by atoms with van der Waals surface area (Å²) in [5, 5.41) is -0.249. The fourth-order valence-electron chi connectivity index (χ4n) is 3.38. The van der Waals surface area contributed by atoms with Crippen LogP contribution >= 0.6 is 11.8 Å². The summed E-state index contributed by atoms with van der Waals surface area (Å²) in [5.74, 6) is 0.413. The second-order valence-corrected chi connectivity index (χ2v) is 7.85. The van der Waals surface area contributed by atoms with Crippen LogP contribution in [-0.4, -0.2) is 36.2 Å². The van der Waals surface area contributed by atoms with Gasteiger partial charge in [0.2, 0.25) is 0 Å². The molecule has 6 heteroatoms. The number of nitrogens with zero attached hydrogens (tertiary/aromatic N) is 2. The molecule has 5 nitrogen and oxygen atoms in total. The number of rotatable bonds is 7. The van der Waals surface area contributed by atoms with Crippen LogP contribution in [0.2, 0.25) is 0 Å². The van der Waals surface area contributed by atoms with Gasteiger partial charge in [0.1, 0.15) is 5.75 Å². The van der Waals surface area contributed by atoms with E-state index >= 15 is 0 Å². The first kappa shape index (κ1) is 21.0. The van der Waals surface area contributed by atoms with Crippen molar-refractivity contribution in [2.45, 2.75) is 27.3 Å². The van der Waals surface area contributed by atoms with E-state index < -0.39 is 0 Å². The van der Waals surface area contributed by atoms with Crippen LogP contribution in [0.1, 0.15) is 30.5 Å². The minimum atomic E-state index is -0.267. The topological polar surface area (TPSA) is 49.9 Å². The fourth-order valence-corrected chi connectivity index (χ4v) is 4.20. The summed E-state index contributed by atoms with van der Waals surface area (Å²) in [6.45, 7) is 8.28. The summed E-state index contributed by atoms with van der Waals surface area (Å²) < 4.78 is 5.54. The van der Waals surface area contributed by atoms with Crippen LogP contribution in [-0.2, 0) is 11.3 Å². The molecule has 1 fully saturated rings. The number of aryl methyl sites for hydroxylation is 1. The Hall–Kier alpha value is -2.73. The molecule has 1 aliphatic rings.